The van der Waals surface area contributed by atoms with Crippen LogP contribution in [0.15, 0.2) is 35.7 Å². The zero-order chi connectivity index (χ0) is 14.3. The molecule has 2 aromatic heterocycles. The number of halogens is 1. The van der Waals surface area contributed by atoms with Gasteiger partial charge in [-0.2, -0.15) is 0 Å². The lowest BCUT2D eigenvalue weighted by molar-refractivity contribution is 0.457. The van der Waals surface area contributed by atoms with E-state index in [0.29, 0.717) is 16.9 Å². The van der Waals surface area contributed by atoms with Gasteiger partial charge in [0.05, 0.1) is 22.1 Å². The molecule has 0 aliphatic carbocycles. The van der Waals surface area contributed by atoms with E-state index in [1.807, 2.05) is 18.2 Å². The van der Waals surface area contributed by atoms with Crippen molar-refractivity contribution in [3.05, 3.63) is 45.6 Å². The Morgan fingerprint density at radius 1 is 1.25 bits per heavy atom. The fourth-order valence-electron chi connectivity index (χ4n) is 2.62. The highest BCUT2D eigenvalue weighted by atomic mass is 35.5. The minimum absolute atomic E-state index is 0.153. The van der Waals surface area contributed by atoms with Crippen LogP contribution < -0.4 is 5.73 Å². The molecule has 0 saturated heterocycles. The van der Waals surface area contributed by atoms with Gasteiger partial charge >= 0.3 is 0 Å². The number of thiophene rings is 1. The minimum atomic E-state index is 0.153. The zero-order valence-corrected chi connectivity index (χ0v) is 12.9. The highest BCUT2D eigenvalue weighted by Crippen LogP contribution is 2.37. The molecule has 3 nitrogen and oxygen atoms in total. The molecule has 5 heteroatoms. The molecule has 0 bridgehead atoms. The van der Waals surface area contributed by atoms with Crippen LogP contribution in [0.25, 0.3) is 11.0 Å². The first-order chi connectivity index (χ1) is 9.59. The molecule has 1 aromatic carbocycles. The van der Waals surface area contributed by atoms with E-state index >= 15 is 0 Å². The van der Waals surface area contributed by atoms with Crippen molar-refractivity contribution in [1.82, 2.24) is 9.55 Å². The molecule has 3 rings (SSSR count). The van der Waals surface area contributed by atoms with Crippen LogP contribution >= 0.6 is 22.9 Å². The third kappa shape index (κ3) is 2.09. The Labute approximate surface area is 127 Å². The minimum Gasteiger partial charge on any atom is -0.369 e. The standard InChI is InChI=1S/C15H16ClN3S/c1-9(2)13(12-7-4-8-20-12)19-14-10(16)5-3-6-11(14)18-15(19)17/h3-9,13H,1-2H3,(H2,17,18). The second kappa shape index (κ2) is 5.11. The molecule has 0 radical (unpaired) electrons. The number of benzene rings is 1. The molecule has 2 heterocycles. The maximum atomic E-state index is 6.37. The maximum absolute atomic E-state index is 6.37. The Bertz CT molecular complexity index is 731. The Morgan fingerprint density at radius 3 is 2.70 bits per heavy atom. The van der Waals surface area contributed by atoms with Crippen LogP contribution in [0.1, 0.15) is 24.8 Å². The number of imidazole rings is 1. The van der Waals surface area contributed by atoms with Gasteiger partial charge in [-0.15, -0.1) is 11.3 Å². The van der Waals surface area contributed by atoms with Crippen LogP contribution in [0, 0.1) is 5.92 Å². The Kier molecular flexibility index (Phi) is 3.44. The number of nitrogen functional groups attached to an aromatic ring is 1. The van der Waals surface area contributed by atoms with Crippen LogP contribution in [0.3, 0.4) is 0 Å². The molecule has 0 aliphatic heterocycles. The molecule has 1 atom stereocenters. The van der Waals surface area contributed by atoms with E-state index in [1.165, 1.54) is 4.88 Å². The average molecular weight is 306 g/mol. The first-order valence-electron chi connectivity index (χ1n) is 6.55. The summed E-state index contributed by atoms with van der Waals surface area (Å²) in [6.07, 6.45) is 0. The summed E-state index contributed by atoms with van der Waals surface area (Å²) in [7, 11) is 0. The van der Waals surface area contributed by atoms with Gasteiger partial charge in [0.2, 0.25) is 5.95 Å². The number of aromatic nitrogens is 2. The van der Waals surface area contributed by atoms with E-state index < -0.39 is 0 Å². The van der Waals surface area contributed by atoms with E-state index in [-0.39, 0.29) is 6.04 Å². The van der Waals surface area contributed by atoms with Gasteiger partial charge in [-0.3, -0.25) is 0 Å². The van der Waals surface area contributed by atoms with Crippen LogP contribution in [-0.4, -0.2) is 9.55 Å². The average Bonchev–Trinajstić information content (AvgIpc) is 2.99. The summed E-state index contributed by atoms with van der Waals surface area (Å²) in [5, 5.41) is 2.77. The monoisotopic (exact) mass is 305 g/mol. The number of hydrogen-bond donors (Lipinski definition) is 1. The SMILES string of the molecule is CC(C)C(c1cccs1)n1c(N)nc2cccc(Cl)c21. The third-order valence-corrected chi connectivity index (χ3v) is 4.68. The first-order valence-corrected chi connectivity index (χ1v) is 7.80. The lowest BCUT2D eigenvalue weighted by Crippen LogP contribution is -2.17. The van der Waals surface area contributed by atoms with Crippen molar-refractivity contribution in [1.29, 1.82) is 0 Å². The zero-order valence-electron chi connectivity index (χ0n) is 11.4. The van der Waals surface area contributed by atoms with Crippen molar-refractivity contribution in [2.75, 3.05) is 5.73 Å². The van der Waals surface area contributed by atoms with E-state index in [4.69, 9.17) is 17.3 Å². The molecular formula is C15H16ClN3S. The van der Waals surface area contributed by atoms with Crippen LogP contribution in [0.4, 0.5) is 5.95 Å². The van der Waals surface area contributed by atoms with Gasteiger partial charge in [-0.1, -0.05) is 37.6 Å². The topological polar surface area (TPSA) is 43.8 Å². The summed E-state index contributed by atoms with van der Waals surface area (Å²) in [6.45, 7) is 4.37. The van der Waals surface area contributed by atoms with Gasteiger partial charge in [0.25, 0.3) is 0 Å². The number of rotatable bonds is 3. The summed E-state index contributed by atoms with van der Waals surface area (Å²) in [5.74, 6) is 0.907. The molecule has 0 amide bonds. The van der Waals surface area contributed by atoms with E-state index in [9.17, 15) is 0 Å². The number of nitrogens with zero attached hydrogens (tertiary/aromatic N) is 2. The molecule has 20 heavy (non-hydrogen) atoms. The van der Waals surface area contributed by atoms with Gasteiger partial charge in [0, 0.05) is 4.88 Å². The quantitative estimate of drug-likeness (QED) is 0.769. The Hall–Kier alpha value is -1.52. The van der Waals surface area contributed by atoms with Gasteiger partial charge < -0.3 is 10.3 Å². The second-order valence-electron chi connectivity index (χ2n) is 5.15. The lowest BCUT2D eigenvalue weighted by atomic mass is 10.0. The predicted octanol–water partition coefficient (Wildman–Crippen LogP) is 4.58. The van der Waals surface area contributed by atoms with E-state index in [2.05, 4.69) is 40.9 Å². The van der Waals surface area contributed by atoms with Gasteiger partial charge in [0.1, 0.15) is 0 Å². The summed E-state index contributed by atoms with van der Waals surface area (Å²) in [4.78, 5) is 5.72. The summed E-state index contributed by atoms with van der Waals surface area (Å²) in [5.41, 5.74) is 7.93. The fourth-order valence-corrected chi connectivity index (χ4v) is 3.87. The smallest absolute Gasteiger partial charge is 0.201 e. The molecule has 3 aromatic rings. The largest absolute Gasteiger partial charge is 0.369 e. The van der Waals surface area contributed by atoms with Gasteiger partial charge in [0.15, 0.2) is 0 Å². The van der Waals surface area contributed by atoms with Gasteiger partial charge in [-0.25, -0.2) is 4.98 Å². The molecule has 0 saturated carbocycles. The van der Waals surface area contributed by atoms with Crippen molar-refractivity contribution in [2.45, 2.75) is 19.9 Å². The third-order valence-electron chi connectivity index (χ3n) is 3.43. The van der Waals surface area contributed by atoms with Crippen molar-refractivity contribution in [3.8, 4) is 0 Å². The molecule has 0 aliphatic rings. The number of anilines is 1. The highest BCUT2D eigenvalue weighted by Gasteiger charge is 2.24. The number of hydrogen-bond acceptors (Lipinski definition) is 3. The van der Waals surface area contributed by atoms with Crippen molar-refractivity contribution in [2.24, 2.45) is 5.92 Å². The maximum Gasteiger partial charge on any atom is 0.201 e. The molecule has 1 unspecified atom stereocenters. The van der Waals surface area contributed by atoms with Crippen molar-refractivity contribution in [3.63, 3.8) is 0 Å². The Balaban J connectivity index is 2.29. The summed E-state index contributed by atoms with van der Waals surface area (Å²) >= 11 is 8.11. The molecule has 0 fully saturated rings. The number of fused-ring (bicyclic) bond motifs is 1. The first kappa shape index (κ1) is 13.5. The van der Waals surface area contributed by atoms with Crippen LogP contribution in [0.2, 0.25) is 5.02 Å². The summed E-state index contributed by atoms with van der Waals surface area (Å²) < 4.78 is 2.06. The van der Waals surface area contributed by atoms with Gasteiger partial charge in [-0.05, 0) is 29.5 Å². The normalized spacial score (nSPS) is 13.2. The highest BCUT2D eigenvalue weighted by molar-refractivity contribution is 7.10. The van der Waals surface area contributed by atoms with E-state index in [0.717, 1.165) is 11.0 Å². The van der Waals surface area contributed by atoms with Crippen LogP contribution in [-0.2, 0) is 0 Å². The predicted molar refractivity (Wildman–Crippen MR) is 86.5 cm³/mol. The number of para-hydroxylation sites is 1. The lowest BCUT2D eigenvalue weighted by Gasteiger charge is -2.23. The summed E-state index contributed by atoms with van der Waals surface area (Å²) in [6, 6.07) is 10.1. The fraction of sp³-hybridized carbons (Fsp3) is 0.267. The molecule has 104 valence electrons. The molecule has 0 spiro atoms. The van der Waals surface area contributed by atoms with Crippen molar-refractivity contribution < 1.29 is 0 Å². The second-order valence-corrected chi connectivity index (χ2v) is 6.54. The molecular weight excluding hydrogens is 290 g/mol. The number of nitrogens with two attached hydrogens (primary N) is 1. The Morgan fingerprint density at radius 2 is 2.05 bits per heavy atom. The van der Waals surface area contributed by atoms with Crippen molar-refractivity contribution >= 4 is 39.9 Å². The molecule has 2 N–H and O–H groups in total. The van der Waals surface area contributed by atoms with Crippen LogP contribution in [0.5, 0.6) is 0 Å². The van der Waals surface area contributed by atoms with E-state index in [1.54, 1.807) is 11.3 Å².